The molecule has 0 aliphatic heterocycles. The van der Waals surface area contributed by atoms with E-state index in [-0.39, 0.29) is 0 Å². The van der Waals surface area contributed by atoms with Gasteiger partial charge in [-0.05, 0) is 79.1 Å². The molecule has 20 heavy (non-hydrogen) atoms. The Morgan fingerprint density at radius 2 is 1.55 bits per heavy atom. The summed E-state index contributed by atoms with van der Waals surface area (Å²) in [4.78, 5) is 0. The van der Waals surface area contributed by atoms with Crippen LogP contribution in [0, 0.1) is 27.7 Å². The van der Waals surface area contributed by atoms with E-state index in [1.807, 2.05) is 0 Å². The highest BCUT2D eigenvalue weighted by Gasteiger charge is 2.19. The third-order valence-electron chi connectivity index (χ3n) is 4.21. The van der Waals surface area contributed by atoms with Crippen molar-refractivity contribution < 1.29 is 0 Å². The first-order valence-electron chi connectivity index (χ1n) is 7.05. The summed E-state index contributed by atoms with van der Waals surface area (Å²) in [6.07, 6.45) is 5.55. The van der Waals surface area contributed by atoms with Crippen LogP contribution in [-0.2, 0) is 6.42 Å². The Bertz CT molecular complexity index is 713. The molecule has 0 heterocycles. The molecule has 1 heteroatoms. The Balaban J connectivity index is 2.37. The van der Waals surface area contributed by atoms with Gasteiger partial charge in [-0.3, -0.25) is 0 Å². The SMILES string of the molecule is Cc1cc(C)c(-c2c(C)c(Br)cc3c2CC=C3)c(C)c1. The third-order valence-corrected chi connectivity index (χ3v) is 5.04. The molecule has 2 aromatic rings. The fourth-order valence-corrected chi connectivity index (χ4v) is 3.85. The van der Waals surface area contributed by atoms with E-state index >= 15 is 0 Å². The van der Waals surface area contributed by atoms with E-state index < -0.39 is 0 Å². The van der Waals surface area contributed by atoms with Gasteiger partial charge < -0.3 is 0 Å². The minimum absolute atomic E-state index is 1.05. The van der Waals surface area contributed by atoms with E-state index in [2.05, 4.69) is 74.0 Å². The van der Waals surface area contributed by atoms with Crippen LogP contribution < -0.4 is 0 Å². The van der Waals surface area contributed by atoms with Crippen molar-refractivity contribution in [3.63, 3.8) is 0 Å². The topological polar surface area (TPSA) is 0 Å². The van der Waals surface area contributed by atoms with Crippen molar-refractivity contribution in [1.29, 1.82) is 0 Å². The molecule has 102 valence electrons. The molecule has 0 aromatic heterocycles. The molecule has 0 N–H and O–H groups in total. The summed E-state index contributed by atoms with van der Waals surface area (Å²) in [6.45, 7) is 8.84. The maximum atomic E-state index is 3.73. The van der Waals surface area contributed by atoms with Gasteiger partial charge in [-0.2, -0.15) is 0 Å². The quantitative estimate of drug-likeness (QED) is 0.610. The number of rotatable bonds is 1. The first-order valence-corrected chi connectivity index (χ1v) is 7.85. The van der Waals surface area contributed by atoms with E-state index in [9.17, 15) is 0 Å². The van der Waals surface area contributed by atoms with E-state index in [4.69, 9.17) is 0 Å². The number of aryl methyl sites for hydroxylation is 3. The number of hydrogen-bond donors (Lipinski definition) is 0. The number of halogens is 1. The molecular weight excluding hydrogens is 308 g/mol. The third kappa shape index (κ3) is 2.05. The standard InChI is InChI=1S/C19H19Br/c1-11-8-12(2)18(13(3)9-11)19-14(4)17(20)10-15-6-5-7-16(15)19/h5-6,8-10H,7H2,1-4H3. The van der Waals surface area contributed by atoms with Crippen LogP contribution >= 0.6 is 15.9 Å². The van der Waals surface area contributed by atoms with Crippen molar-refractivity contribution in [2.24, 2.45) is 0 Å². The van der Waals surface area contributed by atoms with Crippen LogP contribution in [0.3, 0.4) is 0 Å². The molecule has 3 rings (SSSR count). The lowest BCUT2D eigenvalue weighted by Crippen LogP contribution is -1.98. The van der Waals surface area contributed by atoms with E-state index in [0.29, 0.717) is 0 Å². The first kappa shape index (κ1) is 13.6. The van der Waals surface area contributed by atoms with Gasteiger partial charge in [0, 0.05) is 4.47 Å². The van der Waals surface area contributed by atoms with Crippen molar-refractivity contribution in [2.45, 2.75) is 34.1 Å². The molecule has 0 atom stereocenters. The van der Waals surface area contributed by atoms with Gasteiger partial charge in [-0.15, -0.1) is 0 Å². The van der Waals surface area contributed by atoms with Gasteiger partial charge in [0.25, 0.3) is 0 Å². The first-order chi connectivity index (χ1) is 9.49. The average molecular weight is 327 g/mol. The van der Waals surface area contributed by atoms with Gasteiger partial charge in [0.1, 0.15) is 0 Å². The minimum Gasteiger partial charge on any atom is -0.0795 e. The molecule has 0 saturated carbocycles. The number of fused-ring (bicyclic) bond motifs is 1. The number of benzene rings is 2. The van der Waals surface area contributed by atoms with E-state index in [1.54, 1.807) is 0 Å². The summed E-state index contributed by atoms with van der Waals surface area (Å²) in [7, 11) is 0. The molecule has 1 aliphatic rings. The molecule has 0 fully saturated rings. The molecule has 0 spiro atoms. The lowest BCUT2D eigenvalue weighted by Gasteiger charge is -2.19. The van der Waals surface area contributed by atoms with Crippen LogP contribution in [0.25, 0.3) is 17.2 Å². The summed E-state index contributed by atoms with van der Waals surface area (Å²) in [5, 5.41) is 0. The van der Waals surface area contributed by atoms with E-state index in [1.165, 1.54) is 49.0 Å². The van der Waals surface area contributed by atoms with Gasteiger partial charge >= 0.3 is 0 Å². The second-order valence-electron chi connectivity index (χ2n) is 5.81. The highest BCUT2D eigenvalue weighted by atomic mass is 79.9. The zero-order chi connectivity index (χ0) is 14.4. The Labute approximate surface area is 129 Å². The van der Waals surface area contributed by atoms with Crippen molar-refractivity contribution in [1.82, 2.24) is 0 Å². The average Bonchev–Trinajstić information content (AvgIpc) is 2.80. The molecule has 0 nitrogen and oxygen atoms in total. The van der Waals surface area contributed by atoms with E-state index in [0.717, 1.165) is 6.42 Å². The maximum Gasteiger partial charge on any atom is 0.0216 e. The molecule has 2 aromatic carbocycles. The predicted molar refractivity (Wildman–Crippen MR) is 91.3 cm³/mol. The van der Waals surface area contributed by atoms with Crippen molar-refractivity contribution in [3.05, 3.63) is 62.1 Å². The van der Waals surface area contributed by atoms with Gasteiger partial charge in [-0.1, -0.05) is 45.8 Å². The van der Waals surface area contributed by atoms with Crippen molar-refractivity contribution >= 4 is 22.0 Å². The van der Waals surface area contributed by atoms with Crippen LogP contribution in [0.15, 0.2) is 28.7 Å². The lowest BCUT2D eigenvalue weighted by molar-refractivity contribution is 1.24. The fourth-order valence-electron chi connectivity index (χ4n) is 3.41. The summed E-state index contributed by atoms with van der Waals surface area (Å²) < 4.78 is 1.21. The van der Waals surface area contributed by atoms with Crippen LogP contribution in [0.5, 0.6) is 0 Å². The molecule has 1 aliphatic carbocycles. The second kappa shape index (κ2) is 4.89. The Kier molecular flexibility index (Phi) is 3.33. The monoisotopic (exact) mass is 326 g/mol. The number of hydrogen-bond acceptors (Lipinski definition) is 0. The predicted octanol–water partition coefficient (Wildman–Crippen LogP) is 5.92. The highest BCUT2D eigenvalue weighted by molar-refractivity contribution is 9.10. The van der Waals surface area contributed by atoms with Crippen LogP contribution in [0.4, 0.5) is 0 Å². The zero-order valence-corrected chi connectivity index (χ0v) is 14.1. The molecule has 0 unspecified atom stereocenters. The highest BCUT2D eigenvalue weighted by Crippen LogP contribution is 2.40. The Morgan fingerprint density at radius 1 is 0.900 bits per heavy atom. The normalized spacial score (nSPS) is 12.8. The van der Waals surface area contributed by atoms with Gasteiger partial charge in [0.2, 0.25) is 0 Å². The van der Waals surface area contributed by atoms with Crippen LogP contribution in [0.1, 0.15) is 33.4 Å². The summed E-state index contributed by atoms with van der Waals surface area (Å²) in [6, 6.07) is 6.82. The Hall–Kier alpha value is -1.34. The molecule has 0 saturated heterocycles. The molecular formula is C19H19Br. The van der Waals surface area contributed by atoms with Crippen LogP contribution in [0.2, 0.25) is 0 Å². The number of allylic oxidation sites excluding steroid dienone is 1. The van der Waals surface area contributed by atoms with Crippen LogP contribution in [-0.4, -0.2) is 0 Å². The van der Waals surface area contributed by atoms with Crippen molar-refractivity contribution in [2.75, 3.05) is 0 Å². The van der Waals surface area contributed by atoms with Crippen molar-refractivity contribution in [3.8, 4) is 11.1 Å². The maximum absolute atomic E-state index is 3.73. The molecule has 0 bridgehead atoms. The molecule has 0 amide bonds. The minimum atomic E-state index is 1.05. The summed E-state index contributed by atoms with van der Waals surface area (Å²) in [5.41, 5.74) is 11.1. The molecule has 0 radical (unpaired) electrons. The smallest absolute Gasteiger partial charge is 0.0216 e. The van der Waals surface area contributed by atoms with Gasteiger partial charge in [0.15, 0.2) is 0 Å². The Morgan fingerprint density at radius 3 is 2.20 bits per heavy atom. The lowest BCUT2D eigenvalue weighted by atomic mass is 9.86. The largest absolute Gasteiger partial charge is 0.0795 e. The van der Waals surface area contributed by atoms with Gasteiger partial charge in [0.05, 0.1) is 0 Å². The second-order valence-corrected chi connectivity index (χ2v) is 6.66. The van der Waals surface area contributed by atoms with Gasteiger partial charge in [-0.25, -0.2) is 0 Å². The zero-order valence-electron chi connectivity index (χ0n) is 12.5. The fraction of sp³-hybridized carbons (Fsp3) is 0.263. The summed E-state index contributed by atoms with van der Waals surface area (Å²) in [5.74, 6) is 0. The summed E-state index contributed by atoms with van der Waals surface area (Å²) >= 11 is 3.73.